The third-order valence-electron chi connectivity index (χ3n) is 3.78. The van der Waals surface area contributed by atoms with E-state index in [9.17, 15) is 9.59 Å². The Morgan fingerprint density at radius 1 is 0.920 bits per heavy atom. The molecule has 0 fully saturated rings. The number of hydrogen-bond acceptors (Lipinski definition) is 4. The average Bonchev–Trinajstić information content (AvgIpc) is 3.11. The van der Waals surface area contributed by atoms with E-state index in [4.69, 9.17) is 0 Å². The zero-order valence-electron chi connectivity index (χ0n) is 14.0. The lowest BCUT2D eigenvalue weighted by Gasteiger charge is -2.04. The van der Waals surface area contributed by atoms with Crippen molar-refractivity contribution in [3.8, 4) is 0 Å². The van der Waals surface area contributed by atoms with E-state index < -0.39 is 0 Å². The molecule has 0 aliphatic heterocycles. The second kappa shape index (κ2) is 7.40. The number of nitrogens with one attached hydrogen (secondary N) is 1. The zero-order chi connectivity index (χ0) is 17.8. The Morgan fingerprint density at radius 3 is 2.12 bits per heavy atom. The summed E-state index contributed by atoms with van der Waals surface area (Å²) in [7, 11) is 0. The van der Waals surface area contributed by atoms with Crippen LogP contribution in [0.4, 0.5) is 5.13 Å². The van der Waals surface area contributed by atoms with Gasteiger partial charge in [0.1, 0.15) is 0 Å². The smallest absolute Gasteiger partial charge is 0.257 e. The Balaban J connectivity index is 1.71. The first-order chi connectivity index (χ1) is 12.0. The fraction of sp³-hybridized carbons (Fsp3) is 0.150. The van der Waals surface area contributed by atoms with Gasteiger partial charge in [0, 0.05) is 22.1 Å². The third-order valence-corrected chi connectivity index (χ3v) is 4.56. The molecule has 0 bridgehead atoms. The molecular weight excluding hydrogens is 332 g/mol. The number of thiazole rings is 1. The molecule has 5 heteroatoms. The van der Waals surface area contributed by atoms with Gasteiger partial charge in [0.25, 0.3) is 5.91 Å². The van der Waals surface area contributed by atoms with Gasteiger partial charge in [-0.2, -0.15) is 0 Å². The molecule has 1 aromatic heterocycles. The highest BCUT2D eigenvalue weighted by Crippen LogP contribution is 2.22. The summed E-state index contributed by atoms with van der Waals surface area (Å²) < 4.78 is 0. The molecule has 4 nitrogen and oxygen atoms in total. The molecule has 0 unspecified atom stereocenters. The number of nitrogens with zero attached hydrogens (tertiary/aromatic N) is 1. The summed E-state index contributed by atoms with van der Waals surface area (Å²) in [6.45, 7) is 4.12. The van der Waals surface area contributed by atoms with Gasteiger partial charge in [-0.1, -0.05) is 56.3 Å². The van der Waals surface area contributed by atoms with E-state index in [-0.39, 0.29) is 11.7 Å². The molecule has 3 rings (SSSR count). The van der Waals surface area contributed by atoms with Crippen LogP contribution >= 0.6 is 11.3 Å². The lowest BCUT2D eigenvalue weighted by Crippen LogP contribution is -2.12. The second-order valence-electron chi connectivity index (χ2n) is 5.96. The maximum Gasteiger partial charge on any atom is 0.257 e. The van der Waals surface area contributed by atoms with Crippen LogP contribution in [0.1, 0.15) is 51.7 Å². The molecule has 25 heavy (non-hydrogen) atoms. The van der Waals surface area contributed by atoms with Crippen LogP contribution in [0.25, 0.3) is 0 Å². The van der Waals surface area contributed by atoms with Crippen molar-refractivity contribution in [3.63, 3.8) is 0 Å². The minimum Gasteiger partial charge on any atom is -0.298 e. The monoisotopic (exact) mass is 350 g/mol. The molecule has 1 heterocycles. The van der Waals surface area contributed by atoms with Gasteiger partial charge in [0.2, 0.25) is 0 Å². The molecular formula is C20H18N2O2S. The third kappa shape index (κ3) is 4.00. The molecule has 0 saturated carbocycles. The fourth-order valence-electron chi connectivity index (χ4n) is 2.31. The van der Waals surface area contributed by atoms with Crippen molar-refractivity contribution in [1.29, 1.82) is 0 Å². The Bertz CT molecular complexity index is 884. The topological polar surface area (TPSA) is 59.1 Å². The first kappa shape index (κ1) is 17.0. The highest BCUT2D eigenvalue weighted by atomic mass is 32.1. The Hall–Kier alpha value is -2.79. The van der Waals surface area contributed by atoms with Crippen molar-refractivity contribution in [2.45, 2.75) is 19.8 Å². The van der Waals surface area contributed by atoms with Crippen LogP contribution in [0.15, 0.2) is 60.0 Å². The SMILES string of the molecule is CC(C)c1csc(NC(=O)c2ccc(C(=O)c3ccccc3)cc2)n1. The molecule has 0 saturated heterocycles. The summed E-state index contributed by atoms with van der Waals surface area (Å²) in [5.41, 5.74) is 2.64. The summed E-state index contributed by atoms with van der Waals surface area (Å²) >= 11 is 1.41. The lowest BCUT2D eigenvalue weighted by atomic mass is 10.0. The molecule has 126 valence electrons. The maximum atomic E-state index is 12.4. The average molecular weight is 350 g/mol. The van der Waals surface area contributed by atoms with Crippen molar-refractivity contribution in [3.05, 3.63) is 82.4 Å². The van der Waals surface area contributed by atoms with E-state index in [1.165, 1.54) is 11.3 Å². The van der Waals surface area contributed by atoms with Gasteiger partial charge in [-0.15, -0.1) is 11.3 Å². The molecule has 1 amide bonds. The highest BCUT2D eigenvalue weighted by molar-refractivity contribution is 7.14. The number of rotatable bonds is 5. The van der Waals surface area contributed by atoms with E-state index in [0.29, 0.717) is 27.7 Å². The molecule has 3 aromatic rings. The van der Waals surface area contributed by atoms with Crippen LogP contribution in [-0.4, -0.2) is 16.7 Å². The quantitative estimate of drug-likeness (QED) is 0.676. The van der Waals surface area contributed by atoms with Gasteiger partial charge in [0.05, 0.1) is 5.69 Å². The molecule has 0 radical (unpaired) electrons. The van der Waals surface area contributed by atoms with Gasteiger partial charge in [-0.25, -0.2) is 4.98 Å². The van der Waals surface area contributed by atoms with E-state index >= 15 is 0 Å². The first-order valence-corrected chi connectivity index (χ1v) is 8.89. The first-order valence-electron chi connectivity index (χ1n) is 8.01. The number of ketones is 1. The highest BCUT2D eigenvalue weighted by Gasteiger charge is 2.12. The summed E-state index contributed by atoms with van der Waals surface area (Å²) in [5, 5.41) is 5.33. The van der Waals surface area contributed by atoms with Crippen molar-refractivity contribution >= 4 is 28.2 Å². The standard InChI is InChI=1S/C20H18N2O2S/c1-13(2)17-12-25-20(21-17)22-19(24)16-10-8-15(9-11-16)18(23)14-6-4-3-5-7-14/h3-13H,1-2H3,(H,21,22,24). The van der Waals surface area contributed by atoms with Crippen LogP contribution in [0, 0.1) is 0 Å². The van der Waals surface area contributed by atoms with Gasteiger partial charge in [-0.3, -0.25) is 14.9 Å². The van der Waals surface area contributed by atoms with Crippen LogP contribution in [0.2, 0.25) is 0 Å². The predicted molar refractivity (Wildman–Crippen MR) is 100 cm³/mol. The summed E-state index contributed by atoms with van der Waals surface area (Å²) in [6.07, 6.45) is 0. The Labute approximate surface area is 150 Å². The predicted octanol–water partition coefficient (Wildman–Crippen LogP) is 4.75. The van der Waals surface area contributed by atoms with Gasteiger partial charge < -0.3 is 0 Å². The van der Waals surface area contributed by atoms with Crippen molar-refractivity contribution in [2.75, 3.05) is 5.32 Å². The summed E-state index contributed by atoms with van der Waals surface area (Å²) in [6, 6.07) is 15.7. The molecule has 0 aliphatic rings. The summed E-state index contributed by atoms with van der Waals surface area (Å²) in [5.74, 6) is 0.0302. The van der Waals surface area contributed by atoms with Crippen LogP contribution in [0.3, 0.4) is 0 Å². The molecule has 0 spiro atoms. The molecule has 1 N–H and O–H groups in total. The van der Waals surface area contributed by atoms with Crippen LogP contribution in [-0.2, 0) is 0 Å². The maximum absolute atomic E-state index is 12.4. The minimum atomic E-state index is -0.233. The zero-order valence-corrected chi connectivity index (χ0v) is 14.8. The van der Waals surface area contributed by atoms with Crippen molar-refractivity contribution in [1.82, 2.24) is 4.98 Å². The molecule has 0 atom stereocenters. The van der Waals surface area contributed by atoms with Gasteiger partial charge >= 0.3 is 0 Å². The summed E-state index contributed by atoms with van der Waals surface area (Å²) in [4.78, 5) is 29.1. The fourth-order valence-corrected chi connectivity index (χ4v) is 3.17. The Morgan fingerprint density at radius 2 is 1.52 bits per heavy atom. The van der Waals surface area contributed by atoms with Crippen LogP contribution in [0.5, 0.6) is 0 Å². The lowest BCUT2D eigenvalue weighted by molar-refractivity contribution is 0.102. The molecule has 2 aromatic carbocycles. The van der Waals surface area contributed by atoms with E-state index in [1.807, 2.05) is 23.6 Å². The van der Waals surface area contributed by atoms with Crippen molar-refractivity contribution < 1.29 is 9.59 Å². The number of aromatic nitrogens is 1. The largest absolute Gasteiger partial charge is 0.298 e. The number of carbonyl (C=O) groups is 2. The van der Waals surface area contributed by atoms with Gasteiger partial charge in [0.15, 0.2) is 10.9 Å². The minimum absolute atomic E-state index is 0.0611. The number of amides is 1. The van der Waals surface area contributed by atoms with Crippen LogP contribution < -0.4 is 5.32 Å². The number of benzene rings is 2. The number of anilines is 1. The van der Waals surface area contributed by atoms with E-state index in [2.05, 4.69) is 24.1 Å². The van der Waals surface area contributed by atoms with E-state index in [1.54, 1.807) is 36.4 Å². The Kier molecular flexibility index (Phi) is 5.05. The second-order valence-corrected chi connectivity index (χ2v) is 6.82. The number of hydrogen-bond donors (Lipinski definition) is 1. The normalized spacial score (nSPS) is 10.7. The molecule has 0 aliphatic carbocycles. The number of carbonyl (C=O) groups excluding carboxylic acids is 2. The van der Waals surface area contributed by atoms with Gasteiger partial charge in [-0.05, 0) is 18.1 Å². The van der Waals surface area contributed by atoms with Crippen molar-refractivity contribution in [2.24, 2.45) is 0 Å². The van der Waals surface area contributed by atoms with E-state index in [0.717, 1.165) is 5.69 Å².